The molecule has 4 aliphatic carbocycles. The van der Waals surface area contributed by atoms with Crippen LogP contribution >= 0.6 is 23.1 Å². The number of cyclic esters (lactones) is 1. The molecule has 3 saturated carbocycles. The average Bonchev–Trinajstić information content (AvgIpc) is 3.64. The van der Waals surface area contributed by atoms with Crippen molar-refractivity contribution in [3.8, 4) is 0 Å². The fourth-order valence-electron chi connectivity index (χ4n) is 8.53. The van der Waals surface area contributed by atoms with Gasteiger partial charge in [0, 0.05) is 34.5 Å². The van der Waals surface area contributed by atoms with Gasteiger partial charge in [-0.3, -0.25) is 14.4 Å². The molecule has 12 heteroatoms. The molecular weight excluding hydrogens is 576 g/mol. The number of fused-ring (bicyclic) bond motifs is 5. The standard InChI is InChI=1S/C29H31F2NO7S2/c1-14-8-16-17-10-19(30)18-9-15(33)4-6-26(18,2)28(17,31)22(34)11-27(16,3)29(14,39-23(35)20-12-40-13-32-20)25(37)41-21-5-7-38-24(21)36/h4,6,9,12-14,16-17,19,21-22,34H,5,7-8,10-11H2,1-3H3/t14-,16+,17+,19+,21+,22+,26+,27+,28+,29+/m1/s1. The predicted octanol–water partition coefficient (Wildman–Crippen LogP) is 4.18. The number of aliphatic hydroxyl groups excluding tert-OH is 1. The number of aliphatic hydroxyl groups is 1. The zero-order chi connectivity index (χ0) is 29.5. The van der Waals surface area contributed by atoms with Gasteiger partial charge in [0.1, 0.15) is 11.4 Å². The van der Waals surface area contributed by atoms with E-state index >= 15 is 8.78 Å². The Kier molecular flexibility index (Phi) is 6.67. The number of thiazole rings is 1. The number of rotatable bonds is 4. The third-order valence-electron chi connectivity index (χ3n) is 10.5. The van der Waals surface area contributed by atoms with Gasteiger partial charge < -0.3 is 14.6 Å². The summed E-state index contributed by atoms with van der Waals surface area (Å²) in [5, 5.41) is 11.8. The van der Waals surface area contributed by atoms with Crippen molar-refractivity contribution in [1.82, 2.24) is 4.98 Å². The summed E-state index contributed by atoms with van der Waals surface area (Å²) >= 11 is 1.92. The summed E-state index contributed by atoms with van der Waals surface area (Å²) in [6, 6.07) is 0. The molecule has 1 aromatic rings. The molecular formula is C29H31F2NO7S2. The van der Waals surface area contributed by atoms with Gasteiger partial charge in [0.05, 0.1) is 18.2 Å². The van der Waals surface area contributed by atoms with E-state index in [1.165, 1.54) is 41.3 Å². The Balaban J connectivity index is 1.46. The van der Waals surface area contributed by atoms with Crippen LogP contribution in [0.15, 0.2) is 34.7 Å². The van der Waals surface area contributed by atoms with Gasteiger partial charge in [-0.2, -0.15) is 0 Å². The van der Waals surface area contributed by atoms with Gasteiger partial charge in [-0.25, -0.2) is 18.6 Å². The van der Waals surface area contributed by atoms with Crippen molar-refractivity contribution in [3.05, 3.63) is 40.4 Å². The molecule has 0 amide bonds. The number of hydrogen-bond acceptors (Lipinski definition) is 10. The second kappa shape index (κ2) is 9.54. The summed E-state index contributed by atoms with van der Waals surface area (Å²) in [5.74, 6) is -4.19. The molecule has 1 saturated heterocycles. The van der Waals surface area contributed by atoms with Crippen LogP contribution in [0.2, 0.25) is 0 Å². The number of thioether (sulfide) groups is 1. The number of halogens is 2. The molecule has 6 rings (SSSR count). The molecule has 1 aliphatic heterocycles. The first-order valence-corrected chi connectivity index (χ1v) is 15.6. The topological polar surface area (TPSA) is 120 Å². The lowest BCUT2D eigenvalue weighted by molar-refractivity contribution is -0.221. The predicted molar refractivity (Wildman–Crippen MR) is 145 cm³/mol. The van der Waals surface area contributed by atoms with Crippen LogP contribution in [0.4, 0.5) is 8.78 Å². The molecule has 8 nitrogen and oxygen atoms in total. The van der Waals surface area contributed by atoms with Gasteiger partial charge in [-0.05, 0) is 49.8 Å². The zero-order valence-electron chi connectivity index (χ0n) is 22.8. The Morgan fingerprint density at radius 2 is 2.00 bits per heavy atom. The van der Waals surface area contributed by atoms with E-state index in [9.17, 15) is 24.3 Å². The molecule has 220 valence electrons. The number of allylic oxidation sites excluding steroid dienone is 4. The SMILES string of the molecule is C[C@@H]1C[C@H]2[C@@H]3C[C@H](F)C4=CC(=O)C=C[C@]4(C)[C@@]3(F)[C@@H](O)C[C@]2(C)[C@@]1(OC(=O)c1cscn1)C(=O)S[C@H]1CCOC1=O. The lowest BCUT2D eigenvalue weighted by Gasteiger charge is -2.63. The van der Waals surface area contributed by atoms with Crippen molar-refractivity contribution < 1.29 is 42.5 Å². The van der Waals surface area contributed by atoms with Gasteiger partial charge in [0.15, 0.2) is 22.7 Å². The van der Waals surface area contributed by atoms with Crippen LogP contribution < -0.4 is 0 Å². The highest BCUT2D eigenvalue weighted by molar-refractivity contribution is 8.14. The van der Waals surface area contributed by atoms with E-state index in [-0.39, 0.29) is 37.1 Å². The fraction of sp³-hybridized carbons (Fsp3) is 0.621. The molecule has 0 bridgehead atoms. The Morgan fingerprint density at radius 1 is 1.24 bits per heavy atom. The average molecular weight is 608 g/mol. The number of aromatic nitrogens is 1. The first kappa shape index (κ1) is 28.7. The van der Waals surface area contributed by atoms with E-state index in [0.29, 0.717) is 6.42 Å². The Bertz CT molecular complexity index is 1380. The van der Waals surface area contributed by atoms with E-state index in [0.717, 1.165) is 17.8 Å². The van der Waals surface area contributed by atoms with Crippen molar-refractivity contribution >= 4 is 45.9 Å². The van der Waals surface area contributed by atoms with Crippen LogP contribution in [0.25, 0.3) is 0 Å². The number of esters is 2. The molecule has 5 aliphatic rings. The minimum Gasteiger partial charge on any atom is -0.465 e. The number of carbonyl (C=O) groups is 4. The maximum atomic E-state index is 17.6. The molecule has 41 heavy (non-hydrogen) atoms. The van der Waals surface area contributed by atoms with Crippen LogP contribution in [0, 0.1) is 28.6 Å². The first-order chi connectivity index (χ1) is 19.3. The first-order valence-electron chi connectivity index (χ1n) is 13.7. The Labute approximate surface area is 243 Å². The van der Waals surface area contributed by atoms with Gasteiger partial charge in [-0.15, -0.1) is 11.3 Å². The second-order valence-electron chi connectivity index (χ2n) is 12.3. The number of nitrogens with zero attached hydrogens (tertiary/aromatic N) is 1. The van der Waals surface area contributed by atoms with Crippen molar-refractivity contribution in [2.75, 3.05) is 6.61 Å². The van der Waals surface area contributed by atoms with Crippen molar-refractivity contribution in [1.29, 1.82) is 0 Å². The lowest BCUT2D eigenvalue weighted by atomic mass is 9.44. The van der Waals surface area contributed by atoms with Crippen LogP contribution in [-0.4, -0.2) is 68.3 Å². The summed E-state index contributed by atoms with van der Waals surface area (Å²) < 4.78 is 44.6. The molecule has 0 spiro atoms. The maximum Gasteiger partial charge on any atom is 0.358 e. The summed E-state index contributed by atoms with van der Waals surface area (Å²) in [6.07, 6.45) is 0.340. The smallest absolute Gasteiger partial charge is 0.358 e. The van der Waals surface area contributed by atoms with E-state index in [1.807, 2.05) is 0 Å². The summed E-state index contributed by atoms with van der Waals surface area (Å²) in [7, 11) is 0. The monoisotopic (exact) mass is 607 g/mol. The Morgan fingerprint density at radius 3 is 2.66 bits per heavy atom. The summed E-state index contributed by atoms with van der Waals surface area (Å²) in [4.78, 5) is 56.2. The van der Waals surface area contributed by atoms with Gasteiger partial charge in [0.2, 0.25) is 5.12 Å². The number of ether oxygens (including phenoxy) is 2. The van der Waals surface area contributed by atoms with E-state index in [1.54, 1.807) is 13.8 Å². The quantitative estimate of drug-likeness (QED) is 0.503. The molecule has 1 N–H and O–H groups in total. The van der Waals surface area contributed by atoms with E-state index in [4.69, 9.17) is 9.47 Å². The molecule has 10 atom stereocenters. The van der Waals surface area contributed by atoms with Crippen molar-refractivity contribution in [2.24, 2.45) is 28.6 Å². The highest BCUT2D eigenvalue weighted by Crippen LogP contribution is 2.72. The molecule has 0 radical (unpaired) electrons. The van der Waals surface area contributed by atoms with Crippen molar-refractivity contribution in [3.63, 3.8) is 0 Å². The molecule has 0 unspecified atom stereocenters. The molecule has 4 fully saturated rings. The minimum absolute atomic E-state index is 0.00341. The van der Waals surface area contributed by atoms with Gasteiger partial charge in [-0.1, -0.05) is 31.7 Å². The fourth-order valence-corrected chi connectivity index (χ4v) is 10.3. The second-order valence-corrected chi connectivity index (χ2v) is 14.2. The number of alkyl halides is 2. The number of ketones is 1. The lowest BCUT2D eigenvalue weighted by Crippen LogP contribution is -2.70. The Hall–Kier alpha value is -2.44. The zero-order valence-corrected chi connectivity index (χ0v) is 24.4. The van der Waals surface area contributed by atoms with E-state index in [2.05, 4.69) is 4.98 Å². The third kappa shape index (κ3) is 3.75. The van der Waals surface area contributed by atoms with Gasteiger partial charge >= 0.3 is 11.9 Å². The van der Waals surface area contributed by atoms with Crippen LogP contribution in [0.1, 0.15) is 56.9 Å². The summed E-state index contributed by atoms with van der Waals surface area (Å²) in [5.41, 5.74) is -5.64. The highest BCUT2D eigenvalue weighted by atomic mass is 32.2. The number of hydrogen-bond donors (Lipinski definition) is 1. The molecule has 0 aromatic carbocycles. The minimum atomic E-state index is -2.34. The number of carbonyl (C=O) groups excluding carboxylic acids is 4. The van der Waals surface area contributed by atoms with Crippen molar-refractivity contribution in [2.45, 2.75) is 75.2 Å². The van der Waals surface area contributed by atoms with E-state index < -0.39 is 80.2 Å². The largest absolute Gasteiger partial charge is 0.465 e. The molecule has 1 aromatic heterocycles. The van der Waals surface area contributed by atoms with Gasteiger partial charge in [0.25, 0.3) is 0 Å². The highest BCUT2D eigenvalue weighted by Gasteiger charge is 2.78. The third-order valence-corrected chi connectivity index (χ3v) is 12.3. The maximum absolute atomic E-state index is 17.6. The molecule has 2 heterocycles. The van der Waals surface area contributed by atoms with Crippen LogP contribution in [-0.2, 0) is 23.9 Å². The summed E-state index contributed by atoms with van der Waals surface area (Å²) in [6.45, 7) is 5.10. The normalized spacial score (nSPS) is 44.9. The van der Waals surface area contributed by atoms with Crippen LogP contribution in [0.5, 0.6) is 0 Å². The van der Waals surface area contributed by atoms with Crippen LogP contribution in [0.3, 0.4) is 0 Å².